The molecule has 0 bridgehead atoms. The molecule has 0 aliphatic rings. The molecule has 0 radical (unpaired) electrons. The topological polar surface area (TPSA) is 78.7 Å². The lowest BCUT2D eigenvalue weighted by molar-refractivity contribution is -0.129. The van der Waals surface area contributed by atoms with Gasteiger partial charge in [-0.15, -0.1) is 0 Å². The van der Waals surface area contributed by atoms with Crippen molar-refractivity contribution in [2.24, 2.45) is 5.73 Å². The lowest BCUT2D eigenvalue weighted by atomic mass is 10.3. The third kappa shape index (κ3) is 8.05. The summed E-state index contributed by atoms with van der Waals surface area (Å²) in [5, 5.41) is 2.50. The van der Waals surface area contributed by atoms with Crippen LogP contribution in [0.25, 0.3) is 0 Å². The quantitative estimate of drug-likeness (QED) is 0.576. The highest BCUT2D eigenvalue weighted by atomic mass is 16.2. The summed E-state index contributed by atoms with van der Waals surface area (Å²) in [7, 11) is 3.93. The minimum Gasteiger partial charge on any atom is -0.352 e. The number of carbonyl (C=O) groups is 2. The largest absolute Gasteiger partial charge is 0.352 e. The van der Waals surface area contributed by atoms with Gasteiger partial charge in [-0.05, 0) is 20.5 Å². The lowest BCUT2D eigenvalue weighted by Crippen LogP contribution is -2.38. The number of hydrogen-bond acceptors (Lipinski definition) is 3. The van der Waals surface area contributed by atoms with Crippen molar-refractivity contribution in [3.8, 4) is 0 Å². The molecule has 0 rings (SSSR count). The first-order valence-corrected chi connectivity index (χ1v) is 5.37. The van der Waals surface area contributed by atoms with Gasteiger partial charge < -0.3 is 20.9 Å². The molecular formula is C10H22N4O2. The van der Waals surface area contributed by atoms with Gasteiger partial charge in [0.05, 0.1) is 0 Å². The highest BCUT2D eigenvalue weighted by Gasteiger charge is 2.08. The molecule has 0 aliphatic carbocycles. The van der Waals surface area contributed by atoms with Crippen molar-refractivity contribution in [2.45, 2.75) is 13.3 Å². The summed E-state index contributed by atoms with van der Waals surface area (Å²) < 4.78 is 0. The molecule has 0 atom stereocenters. The van der Waals surface area contributed by atoms with Gasteiger partial charge in [0.1, 0.15) is 0 Å². The van der Waals surface area contributed by atoms with E-state index >= 15 is 0 Å². The third-order valence-electron chi connectivity index (χ3n) is 2.17. The van der Waals surface area contributed by atoms with Crippen molar-refractivity contribution in [1.29, 1.82) is 0 Å². The van der Waals surface area contributed by atoms with Gasteiger partial charge in [0, 0.05) is 33.1 Å². The zero-order valence-corrected chi connectivity index (χ0v) is 10.3. The number of hydrogen-bond donors (Lipinski definition) is 2. The van der Waals surface area contributed by atoms with Crippen LogP contribution >= 0.6 is 0 Å². The summed E-state index contributed by atoms with van der Waals surface area (Å²) >= 11 is 0. The predicted octanol–water partition coefficient (Wildman–Crippen LogP) is -0.545. The van der Waals surface area contributed by atoms with Gasteiger partial charge in [-0.1, -0.05) is 0 Å². The fraction of sp³-hybridized carbons (Fsp3) is 0.800. The molecule has 6 heteroatoms. The second-order valence-electron chi connectivity index (χ2n) is 3.95. The van der Waals surface area contributed by atoms with Gasteiger partial charge in [0.2, 0.25) is 5.91 Å². The van der Waals surface area contributed by atoms with Gasteiger partial charge >= 0.3 is 6.03 Å². The number of carbonyl (C=O) groups excluding carboxylic acids is 2. The van der Waals surface area contributed by atoms with E-state index in [0.29, 0.717) is 19.6 Å². The van der Waals surface area contributed by atoms with Crippen LogP contribution in [0.2, 0.25) is 0 Å². The van der Waals surface area contributed by atoms with Crippen LogP contribution in [0, 0.1) is 0 Å². The molecule has 0 aromatic carbocycles. The first kappa shape index (κ1) is 14.7. The monoisotopic (exact) mass is 230 g/mol. The van der Waals surface area contributed by atoms with Crippen LogP contribution in [0.3, 0.4) is 0 Å². The number of nitrogens with zero attached hydrogens (tertiary/aromatic N) is 2. The number of likely N-dealkylation sites (N-methyl/N-ethyl adjacent to an activating group) is 1. The van der Waals surface area contributed by atoms with Gasteiger partial charge in [-0.3, -0.25) is 4.79 Å². The van der Waals surface area contributed by atoms with E-state index in [2.05, 4.69) is 5.32 Å². The standard InChI is InChI=1S/C10H22N4O2/c1-9(15)14(8-7-13(2)3)6-4-5-12-10(11)16/h4-8H2,1-3H3,(H3,11,12,16). The van der Waals surface area contributed by atoms with E-state index < -0.39 is 6.03 Å². The van der Waals surface area contributed by atoms with E-state index in [4.69, 9.17) is 5.73 Å². The normalized spacial score (nSPS) is 10.2. The summed E-state index contributed by atoms with van der Waals surface area (Å²) in [6, 6.07) is -0.525. The maximum Gasteiger partial charge on any atom is 0.312 e. The number of primary amides is 1. The molecule has 0 saturated heterocycles. The van der Waals surface area contributed by atoms with Gasteiger partial charge in [-0.2, -0.15) is 0 Å². The molecule has 3 amide bonds. The van der Waals surface area contributed by atoms with E-state index in [-0.39, 0.29) is 5.91 Å². The highest BCUT2D eigenvalue weighted by Crippen LogP contribution is 1.93. The molecular weight excluding hydrogens is 208 g/mol. The molecule has 0 aliphatic heterocycles. The van der Waals surface area contributed by atoms with Crippen molar-refractivity contribution >= 4 is 11.9 Å². The van der Waals surface area contributed by atoms with Crippen LogP contribution in [0.1, 0.15) is 13.3 Å². The first-order chi connectivity index (χ1) is 7.43. The average molecular weight is 230 g/mol. The van der Waals surface area contributed by atoms with Crippen LogP contribution in [0.5, 0.6) is 0 Å². The Morgan fingerprint density at radius 3 is 2.25 bits per heavy atom. The Bertz CT molecular complexity index is 231. The summed E-state index contributed by atoms with van der Waals surface area (Å²) in [6.45, 7) is 4.24. The average Bonchev–Trinajstić information content (AvgIpc) is 2.15. The van der Waals surface area contributed by atoms with Crippen molar-refractivity contribution in [3.05, 3.63) is 0 Å². The Hall–Kier alpha value is -1.30. The van der Waals surface area contributed by atoms with Gasteiger partial charge in [-0.25, -0.2) is 4.79 Å². The minimum atomic E-state index is -0.525. The second kappa shape index (κ2) is 7.92. The minimum absolute atomic E-state index is 0.0564. The number of nitrogens with one attached hydrogen (secondary N) is 1. The molecule has 0 heterocycles. The van der Waals surface area contributed by atoms with E-state index in [1.807, 2.05) is 19.0 Å². The van der Waals surface area contributed by atoms with Crippen LogP contribution in [-0.4, -0.2) is 62.0 Å². The zero-order valence-electron chi connectivity index (χ0n) is 10.3. The van der Waals surface area contributed by atoms with E-state index in [1.54, 1.807) is 11.8 Å². The summed E-state index contributed by atoms with van der Waals surface area (Å²) in [4.78, 5) is 25.5. The third-order valence-corrected chi connectivity index (χ3v) is 2.17. The summed E-state index contributed by atoms with van der Waals surface area (Å²) in [6.07, 6.45) is 0.718. The fourth-order valence-corrected chi connectivity index (χ4v) is 1.23. The Morgan fingerprint density at radius 2 is 1.81 bits per heavy atom. The molecule has 0 aromatic rings. The van der Waals surface area contributed by atoms with Crippen molar-refractivity contribution in [1.82, 2.24) is 15.1 Å². The van der Waals surface area contributed by atoms with E-state index in [0.717, 1.165) is 13.0 Å². The van der Waals surface area contributed by atoms with Crippen LogP contribution in [-0.2, 0) is 4.79 Å². The molecule has 94 valence electrons. The van der Waals surface area contributed by atoms with Gasteiger partial charge in [0.15, 0.2) is 0 Å². The first-order valence-electron chi connectivity index (χ1n) is 5.37. The van der Waals surface area contributed by atoms with Crippen molar-refractivity contribution < 1.29 is 9.59 Å². The number of amides is 3. The molecule has 3 N–H and O–H groups in total. The molecule has 0 aromatic heterocycles. The van der Waals surface area contributed by atoms with Crippen LogP contribution in [0.4, 0.5) is 4.79 Å². The molecule has 0 fully saturated rings. The number of nitrogens with two attached hydrogens (primary N) is 1. The lowest BCUT2D eigenvalue weighted by Gasteiger charge is -2.22. The van der Waals surface area contributed by atoms with E-state index in [9.17, 15) is 9.59 Å². The predicted molar refractivity (Wildman–Crippen MR) is 63.0 cm³/mol. The molecule has 16 heavy (non-hydrogen) atoms. The Kier molecular flexibility index (Phi) is 7.28. The van der Waals surface area contributed by atoms with Crippen molar-refractivity contribution in [2.75, 3.05) is 40.3 Å². The number of urea groups is 1. The Labute approximate surface area is 96.8 Å². The maximum atomic E-state index is 11.3. The summed E-state index contributed by atoms with van der Waals surface area (Å²) in [5.41, 5.74) is 4.93. The van der Waals surface area contributed by atoms with Crippen molar-refractivity contribution in [3.63, 3.8) is 0 Å². The fourth-order valence-electron chi connectivity index (χ4n) is 1.23. The smallest absolute Gasteiger partial charge is 0.312 e. The highest BCUT2D eigenvalue weighted by molar-refractivity contribution is 5.73. The molecule has 0 unspecified atom stereocenters. The molecule has 0 spiro atoms. The van der Waals surface area contributed by atoms with E-state index in [1.165, 1.54) is 0 Å². The van der Waals surface area contributed by atoms with Crippen LogP contribution < -0.4 is 11.1 Å². The SMILES string of the molecule is CC(=O)N(CCCNC(N)=O)CCN(C)C. The Morgan fingerprint density at radius 1 is 1.19 bits per heavy atom. The number of rotatable bonds is 7. The van der Waals surface area contributed by atoms with Gasteiger partial charge in [0.25, 0.3) is 0 Å². The second-order valence-corrected chi connectivity index (χ2v) is 3.95. The zero-order chi connectivity index (χ0) is 12.6. The Balaban J connectivity index is 3.77. The summed E-state index contributed by atoms with van der Waals surface area (Å²) in [5.74, 6) is 0.0564. The van der Waals surface area contributed by atoms with Crippen LogP contribution in [0.15, 0.2) is 0 Å². The molecule has 0 saturated carbocycles. The maximum absolute atomic E-state index is 11.3. The molecule has 6 nitrogen and oxygen atoms in total.